The first-order valence-corrected chi connectivity index (χ1v) is 27.1. The van der Waals surface area contributed by atoms with Gasteiger partial charge in [0.05, 0.1) is 22.3 Å². The van der Waals surface area contributed by atoms with Crippen LogP contribution in [0.3, 0.4) is 0 Å². The monoisotopic (exact) mass is 1200 g/mol. The molecule has 0 atom stereocenters. The van der Waals surface area contributed by atoms with E-state index >= 15 is 0 Å². The van der Waals surface area contributed by atoms with Gasteiger partial charge in [0.2, 0.25) is 0 Å². The van der Waals surface area contributed by atoms with Crippen LogP contribution in [0.5, 0.6) is 5.75 Å². The minimum atomic E-state index is -1.52. The van der Waals surface area contributed by atoms with Crippen LogP contribution in [0.2, 0.25) is 0 Å². The Balaban J connectivity index is 0.00000675. The Morgan fingerprint density at radius 2 is 1.12 bits per heavy atom. The topological polar surface area (TPSA) is 50.9 Å². The quantitative estimate of drug-likeness (QED) is 0.124. The van der Waals surface area contributed by atoms with Gasteiger partial charge in [-0.15, -0.1) is 23.8 Å². The molecule has 0 spiro atoms. The minimum Gasteiger partial charge on any atom is -0.507 e. The van der Waals surface area contributed by atoms with Crippen LogP contribution >= 0.6 is 0 Å². The predicted octanol–water partition coefficient (Wildman–Crippen LogP) is 18.9. The van der Waals surface area contributed by atoms with Gasteiger partial charge in [-0.2, -0.15) is 0 Å². The normalized spacial score (nSPS) is 13.5. The number of hydrogen-bond acceptors (Lipinski definition) is 3. The maximum absolute atomic E-state index is 12.8. The van der Waals surface area contributed by atoms with Crippen LogP contribution < -0.4 is 0 Å². The number of nitrogens with zero attached hydrogens (tertiary/aromatic N) is 3. The number of hydrogen-bond donors (Lipinski definition) is 1. The Labute approximate surface area is 477 Å². The van der Waals surface area contributed by atoms with Crippen LogP contribution in [0.4, 0.5) is 0 Å². The molecule has 0 bridgehead atoms. The maximum atomic E-state index is 12.8. The van der Waals surface area contributed by atoms with Crippen LogP contribution in [0, 0.1) is 12.0 Å². The molecule has 9 aromatic carbocycles. The number of phenolic OH excluding ortho intramolecular Hbond substituents is 1. The van der Waals surface area contributed by atoms with Gasteiger partial charge in [-0.25, -0.2) is 4.98 Å². The average molecular weight is 1200 g/mol. The fourth-order valence-corrected chi connectivity index (χ4v) is 11.3. The summed E-state index contributed by atoms with van der Waals surface area (Å²) < 4.78 is 21.4. The molecule has 5 heteroatoms. The van der Waals surface area contributed by atoms with E-state index < -0.39 is 6.37 Å². The third kappa shape index (κ3) is 10.3. The van der Waals surface area contributed by atoms with Gasteiger partial charge in [-0.3, -0.25) is 9.55 Å². The summed E-state index contributed by atoms with van der Waals surface area (Å²) in [4.78, 5) is 10.8. The van der Waals surface area contributed by atoms with Crippen molar-refractivity contribution < 1.29 is 28.9 Å². The fraction of sp³-hybridized carbons (Fsp3) is 0.178. The first kappa shape index (κ1) is 49.6. The number of imidazole rings is 1. The number of aromatic nitrogens is 3. The molecule has 0 amide bonds. The van der Waals surface area contributed by atoms with E-state index in [-0.39, 0.29) is 43.6 Å². The first-order chi connectivity index (χ1) is 38.2. The van der Waals surface area contributed by atoms with Crippen molar-refractivity contribution in [3.05, 3.63) is 253 Å². The van der Waals surface area contributed by atoms with Crippen LogP contribution in [0.1, 0.15) is 85.3 Å². The second-order valence-corrected chi connectivity index (χ2v) is 22.3. The Bertz CT molecular complexity index is 4010. The Kier molecular flexibility index (Phi) is 13.9. The van der Waals surface area contributed by atoms with Crippen molar-refractivity contribution in [2.24, 2.45) is 5.92 Å². The van der Waals surface area contributed by atoms with Crippen molar-refractivity contribution in [1.82, 2.24) is 14.5 Å². The van der Waals surface area contributed by atoms with Gasteiger partial charge < -0.3 is 5.11 Å². The number of fused-ring (bicyclic) bond motifs is 1. The summed E-state index contributed by atoms with van der Waals surface area (Å²) in [7, 11) is 0. The molecule has 4 nitrogen and oxygen atoms in total. The zero-order chi connectivity index (χ0) is 54.5. The molecule has 0 unspecified atom stereocenters. The number of pyridine rings is 1. The third-order valence-electron chi connectivity index (χ3n) is 15.8. The summed E-state index contributed by atoms with van der Waals surface area (Å²) in [6, 6.07) is 79.5. The molecule has 0 saturated heterocycles. The Morgan fingerprint density at radius 1 is 0.526 bits per heavy atom. The van der Waals surface area contributed by atoms with Crippen molar-refractivity contribution >= 4 is 11.0 Å². The molecular formula is C73H64N3OPt-. The molecule has 11 aromatic rings. The van der Waals surface area contributed by atoms with Crippen LogP contribution in [-0.4, -0.2) is 19.6 Å². The van der Waals surface area contributed by atoms with E-state index in [4.69, 9.17) is 9.97 Å². The molecule has 2 heterocycles. The Morgan fingerprint density at radius 3 is 1.81 bits per heavy atom. The van der Waals surface area contributed by atoms with Crippen molar-refractivity contribution in [3.63, 3.8) is 0 Å². The summed E-state index contributed by atoms with van der Waals surface area (Å²) in [5.74, 6) is 0.642. The van der Waals surface area contributed by atoms with Gasteiger partial charge in [0, 0.05) is 52.2 Å². The van der Waals surface area contributed by atoms with E-state index in [9.17, 15) is 7.85 Å². The average Bonchev–Trinajstić information content (AvgIpc) is 4.20. The predicted molar refractivity (Wildman–Crippen MR) is 320 cm³/mol. The van der Waals surface area contributed by atoms with Gasteiger partial charge in [0.1, 0.15) is 11.6 Å². The maximum Gasteiger partial charge on any atom is 0.148 e. The van der Waals surface area contributed by atoms with Gasteiger partial charge in [-0.05, 0) is 104 Å². The van der Waals surface area contributed by atoms with E-state index in [1.165, 1.54) is 11.1 Å². The molecule has 2 aromatic heterocycles. The second-order valence-electron chi connectivity index (χ2n) is 22.3. The molecule has 1 N–H and O–H groups in total. The Hall–Kier alpha value is -7.91. The molecule has 0 aliphatic heterocycles. The van der Waals surface area contributed by atoms with Gasteiger partial charge in [0.15, 0.2) is 0 Å². The van der Waals surface area contributed by atoms with Crippen molar-refractivity contribution in [2.45, 2.75) is 77.5 Å². The summed E-state index contributed by atoms with van der Waals surface area (Å²) in [5, 5.41) is 12.8. The number of para-hydroxylation sites is 1. The third-order valence-corrected chi connectivity index (χ3v) is 15.8. The van der Waals surface area contributed by atoms with E-state index in [2.05, 4.69) is 203 Å². The molecule has 1 saturated carbocycles. The molecule has 1 aliphatic carbocycles. The van der Waals surface area contributed by atoms with E-state index in [0.29, 0.717) is 17.0 Å². The summed E-state index contributed by atoms with van der Waals surface area (Å²) >= 11 is 0. The molecule has 78 heavy (non-hydrogen) atoms. The number of aromatic hydroxyl groups is 1. The summed E-state index contributed by atoms with van der Waals surface area (Å²) in [5.41, 5.74) is 17.8. The zero-order valence-electron chi connectivity index (χ0n) is 46.9. The van der Waals surface area contributed by atoms with Crippen molar-refractivity contribution in [1.29, 1.82) is 0 Å². The number of rotatable bonds is 12. The molecule has 388 valence electrons. The molecule has 1 aliphatic rings. The molecule has 12 rings (SSSR count). The minimum absolute atomic E-state index is 0. The first-order valence-electron chi connectivity index (χ1n) is 28.1. The molecule has 1 fully saturated rings. The van der Waals surface area contributed by atoms with Crippen LogP contribution in [-0.2, 0) is 38.3 Å². The van der Waals surface area contributed by atoms with E-state index in [0.717, 1.165) is 115 Å². The fourth-order valence-electron chi connectivity index (χ4n) is 11.3. The van der Waals surface area contributed by atoms with E-state index in [1.54, 1.807) is 0 Å². The van der Waals surface area contributed by atoms with Crippen LogP contribution in [0.25, 0.3) is 95.0 Å². The SMILES string of the molecule is [2H]C([2H])(c1ccc(-n2c(-c3cc(C(C)(C)C)cc(-c4ccccc4)c3O)nc3c(-c4[c-]c(-c5cc(-c6cccc(C(C)(C)c7ccccc7)c6)ccn5)cc(-c5ccccc5)c4)cccc32)c(-c2ccccc2)c1)C1CCCC1.[Pt]. The van der Waals surface area contributed by atoms with Gasteiger partial charge in [-0.1, -0.05) is 247 Å². The summed E-state index contributed by atoms with van der Waals surface area (Å²) in [6.07, 6.45) is 4.20. The summed E-state index contributed by atoms with van der Waals surface area (Å²) in [6.45, 7) is 11.2. The smallest absolute Gasteiger partial charge is 0.148 e. The molecular weight excluding hydrogens is 1130 g/mol. The van der Waals surface area contributed by atoms with Gasteiger partial charge in [0.25, 0.3) is 0 Å². The number of phenols is 1. The van der Waals surface area contributed by atoms with Crippen molar-refractivity contribution in [2.75, 3.05) is 0 Å². The molecule has 0 radical (unpaired) electrons. The largest absolute Gasteiger partial charge is 0.507 e. The van der Waals surface area contributed by atoms with E-state index in [1.807, 2.05) is 66.9 Å². The zero-order valence-corrected chi connectivity index (χ0v) is 47.1. The van der Waals surface area contributed by atoms with Crippen molar-refractivity contribution in [3.8, 4) is 89.7 Å². The second kappa shape index (κ2) is 21.8. The standard InChI is InChI=1S/C73H64N3O.Pt/c1-72(2,3)61-47-64(53-28-14-8-15-29-53)70(77)65(48-61)71-75-69-62(34-21-35-68(69)76(71)67-37-36-50(40-49-22-18-19-23-49)41-63(67)52-26-12-7-13-27-52)57-42-56(51-24-10-6-11-25-51)43-58(44-57)66-46-55(38-39-74-66)54-30-20-33-60(45-54)73(4,5)59-31-16-9-17-32-59;/h6-17,20-21,24-39,41-43,45-49,77H,18-19,22-23,40H2,1-5H3;/q-1;/i40D2;. The van der Waals surface area contributed by atoms with Gasteiger partial charge >= 0.3 is 0 Å². The number of benzene rings is 9. The van der Waals surface area contributed by atoms with Crippen LogP contribution in [0.15, 0.2) is 225 Å².